The summed E-state index contributed by atoms with van der Waals surface area (Å²) in [4.78, 5) is 20.4. The monoisotopic (exact) mass is 273 g/mol. The molecule has 2 aromatic heterocycles. The largest absolute Gasteiger partial charge is 0.342 e. The normalized spacial score (nSPS) is 12.4. The van der Waals surface area contributed by atoms with Gasteiger partial charge in [-0.2, -0.15) is 5.10 Å². The van der Waals surface area contributed by atoms with Gasteiger partial charge in [0.25, 0.3) is 5.91 Å². The summed E-state index contributed by atoms with van der Waals surface area (Å²) in [6.07, 6.45) is 5.52. The summed E-state index contributed by atoms with van der Waals surface area (Å²) in [7, 11) is 1.83. The van der Waals surface area contributed by atoms with Crippen LogP contribution in [0.25, 0.3) is 0 Å². The van der Waals surface area contributed by atoms with E-state index in [1.165, 1.54) is 6.33 Å². The van der Waals surface area contributed by atoms with E-state index in [0.717, 1.165) is 12.2 Å². The number of amides is 1. The maximum Gasteiger partial charge on any atom is 0.251 e. The molecule has 6 nitrogen and oxygen atoms in total. The number of nitrogens with zero attached hydrogens (tertiary/aromatic N) is 4. The lowest BCUT2D eigenvalue weighted by Gasteiger charge is -2.19. The Kier molecular flexibility index (Phi) is 4.45. The van der Waals surface area contributed by atoms with E-state index >= 15 is 0 Å². The van der Waals surface area contributed by atoms with Crippen LogP contribution in [0.3, 0.4) is 0 Å². The third-order valence-corrected chi connectivity index (χ3v) is 3.01. The fourth-order valence-corrected chi connectivity index (χ4v) is 2.07. The molecular formula is C14H19N5O. The number of hydrogen-bond acceptors (Lipinski definition) is 4. The number of carbonyl (C=O) groups excluding carboxylic acids is 1. The maximum absolute atomic E-state index is 12.2. The van der Waals surface area contributed by atoms with Gasteiger partial charge < -0.3 is 5.32 Å². The molecule has 2 rings (SSSR count). The van der Waals surface area contributed by atoms with Gasteiger partial charge in [0.1, 0.15) is 12.2 Å². The molecule has 0 saturated carbocycles. The Balaban J connectivity index is 2.17. The summed E-state index contributed by atoms with van der Waals surface area (Å²) in [5, 5.41) is 7.09. The van der Waals surface area contributed by atoms with Gasteiger partial charge in [0.15, 0.2) is 0 Å². The summed E-state index contributed by atoms with van der Waals surface area (Å²) >= 11 is 0. The first-order chi connectivity index (χ1) is 9.58. The maximum atomic E-state index is 12.2. The van der Waals surface area contributed by atoms with Crippen LogP contribution < -0.4 is 5.32 Å². The van der Waals surface area contributed by atoms with Crippen molar-refractivity contribution in [3.8, 4) is 0 Å². The first-order valence-electron chi connectivity index (χ1n) is 6.62. The molecule has 0 aliphatic heterocycles. The van der Waals surface area contributed by atoms with Gasteiger partial charge in [-0.05, 0) is 24.5 Å². The zero-order valence-corrected chi connectivity index (χ0v) is 11.9. The SMILES string of the molecule is CC(C)C[C@H](NC(=O)c1ccncc1)c1ncnn1C. The first kappa shape index (κ1) is 14.2. The number of pyridine rings is 1. The minimum absolute atomic E-state index is 0.124. The molecule has 0 aliphatic carbocycles. The van der Waals surface area contributed by atoms with Crippen molar-refractivity contribution < 1.29 is 4.79 Å². The molecule has 6 heteroatoms. The Morgan fingerprint density at radius 1 is 1.35 bits per heavy atom. The third-order valence-electron chi connectivity index (χ3n) is 3.01. The Morgan fingerprint density at radius 3 is 2.60 bits per heavy atom. The van der Waals surface area contributed by atoms with Gasteiger partial charge in [-0.25, -0.2) is 4.98 Å². The van der Waals surface area contributed by atoms with Crippen molar-refractivity contribution in [2.75, 3.05) is 0 Å². The highest BCUT2D eigenvalue weighted by molar-refractivity contribution is 5.94. The van der Waals surface area contributed by atoms with Gasteiger partial charge in [-0.1, -0.05) is 13.8 Å². The van der Waals surface area contributed by atoms with Crippen LogP contribution in [0.2, 0.25) is 0 Å². The second kappa shape index (κ2) is 6.27. The summed E-state index contributed by atoms with van der Waals surface area (Å²) in [5.74, 6) is 1.08. The summed E-state index contributed by atoms with van der Waals surface area (Å²) in [5.41, 5.74) is 0.593. The molecular weight excluding hydrogens is 254 g/mol. The van der Waals surface area contributed by atoms with Crippen LogP contribution in [0.1, 0.15) is 42.5 Å². The van der Waals surface area contributed by atoms with Gasteiger partial charge in [0, 0.05) is 25.0 Å². The number of aromatic nitrogens is 4. The van der Waals surface area contributed by atoms with Crippen LogP contribution in [0.15, 0.2) is 30.9 Å². The number of aryl methyl sites for hydroxylation is 1. The van der Waals surface area contributed by atoms with Crippen LogP contribution >= 0.6 is 0 Å². The van der Waals surface area contributed by atoms with Crippen LogP contribution in [0.5, 0.6) is 0 Å². The van der Waals surface area contributed by atoms with E-state index in [2.05, 4.69) is 34.2 Å². The van der Waals surface area contributed by atoms with Crippen LogP contribution in [-0.2, 0) is 7.05 Å². The van der Waals surface area contributed by atoms with Crippen LogP contribution in [0, 0.1) is 5.92 Å². The minimum Gasteiger partial charge on any atom is -0.342 e. The van der Waals surface area contributed by atoms with Crippen molar-refractivity contribution in [2.45, 2.75) is 26.3 Å². The average Bonchev–Trinajstić information content (AvgIpc) is 2.84. The molecule has 2 aromatic rings. The molecule has 1 amide bonds. The third kappa shape index (κ3) is 3.40. The van der Waals surface area contributed by atoms with Crippen molar-refractivity contribution in [1.82, 2.24) is 25.1 Å². The fourth-order valence-electron chi connectivity index (χ4n) is 2.07. The molecule has 0 bridgehead atoms. The zero-order valence-electron chi connectivity index (χ0n) is 11.9. The Bertz CT molecular complexity index is 564. The van der Waals surface area contributed by atoms with E-state index < -0.39 is 0 Å². The smallest absolute Gasteiger partial charge is 0.251 e. The average molecular weight is 273 g/mol. The number of rotatable bonds is 5. The lowest BCUT2D eigenvalue weighted by molar-refractivity contribution is 0.0929. The standard InChI is InChI=1S/C14H19N5O/c1-10(2)8-12(13-16-9-17-19(13)3)18-14(20)11-4-6-15-7-5-11/h4-7,9-10,12H,8H2,1-3H3,(H,18,20)/t12-/m0/s1. The Labute approximate surface area is 118 Å². The number of nitrogens with one attached hydrogen (secondary N) is 1. The van der Waals surface area contributed by atoms with Crippen molar-refractivity contribution in [1.29, 1.82) is 0 Å². The van der Waals surface area contributed by atoms with E-state index in [-0.39, 0.29) is 11.9 Å². The highest BCUT2D eigenvalue weighted by Gasteiger charge is 2.21. The van der Waals surface area contributed by atoms with Crippen LogP contribution in [-0.4, -0.2) is 25.7 Å². The molecule has 1 atom stereocenters. The molecule has 0 saturated heterocycles. The van der Waals surface area contributed by atoms with Gasteiger partial charge in [-0.3, -0.25) is 14.5 Å². The molecule has 0 unspecified atom stereocenters. The molecule has 0 spiro atoms. The molecule has 2 heterocycles. The lowest BCUT2D eigenvalue weighted by atomic mass is 10.0. The van der Waals surface area contributed by atoms with Gasteiger partial charge in [0.2, 0.25) is 0 Å². The lowest BCUT2D eigenvalue weighted by Crippen LogP contribution is -2.31. The van der Waals surface area contributed by atoms with Gasteiger partial charge >= 0.3 is 0 Å². The molecule has 1 N–H and O–H groups in total. The fraction of sp³-hybridized carbons (Fsp3) is 0.429. The summed E-state index contributed by atoms with van der Waals surface area (Å²) < 4.78 is 1.69. The zero-order chi connectivity index (χ0) is 14.5. The Hall–Kier alpha value is -2.24. The molecule has 0 aromatic carbocycles. The molecule has 20 heavy (non-hydrogen) atoms. The molecule has 0 radical (unpaired) electrons. The molecule has 0 fully saturated rings. The topological polar surface area (TPSA) is 72.7 Å². The number of hydrogen-bond donors (Lipinski definition) is 1. The predicted octanol–water partition coefficient (Wildman–Crippen LogP) is 1.73. The first-order valence-corrected chi connectivity index (χ1v) is 6.62. The van der Waals surface area contributed by atoms with E-state index in [4.69, 9.17) is 0 Å². The van der Waals surface area contributed by atoms with E-state index in [1.807, 2.05) is 7.05 Å². The summed E-state index contributed by atoms with van der Waals surface area (Å²) in [6.45, 7) is 4.23. The quantitative estimate of drug-likeness (QED) is 0.900. The van der Waals surface area contributed by atoms with E-state index in [9.17, 15) is 4.79 Å². The Morgan fingerprint density at radius 2 is 2.05 bits per heavy atom. The highest BCUT2D eigenvalue weighted by Crippen LogP contribution is 2.19. The van der Waals surface area contributed by atoms with Gasteiger partial charge in [0.05, 0.1) is 6.04 Å². The molecule has 0 aliphatic rings. The van der Waals surface area contributed by atoms with Gasteiger partial charge in [-0.15, -0.1) is 0 Å². The van der Waals surface area contributed by atoms with Crippen molar-refractivity contribution in [3.63, 3.8) is 0 Å². The van der Waals surface area contributed by atoms with Crippen molar-refractivity contribution >= 4 is 5.91 Å². The second-order valence-electron chi connectivity index (χ2n) is 5.13. The predicted molar refractivity (Wildman–Crippen MR) is 74.9 cm³/mol. The summed E-state index contributed by atoms with van der Waals surface area (Å²) in [6, 6.07) is 3.24. The van der Waals surface area contributed by atoms with E-state index in [1.54, 1.807) is 29.2 Å². The van der Waals surface area contributed by atoms with Crippen LogP contribution in [0.4, 0.5) is 0 Å². The van der Waals surface area contributed by atoms with E-state index in [0.29, 0.717) is 11.5 Å². The number of carbonyl (C=O) groups is 1. The second-order valence-corrected chi connectivity index (χ2v) is 5.13. The van der Waals surface area contributed by atoms with Crippen molar-refractivity contribution in [2.24, 2.45) is 13.0 Å². The highest BCUT2D eigenvalue weighted by atomic mass is 16.1. The molecule has 106 valence electrons. The minimum atomic E-state index is -0.150. The van der Waals surface area contributed by atoms with Crippen molar-refractivity contribution in [3.05, 3.63) is 42.2 Å².